The van der Waals surface area contributed by atoms with E-state index in [9.17, 15) is 7.38 Å². The first-order valence-corrected chi connectivity index (χ1v) is 12.6. The van der Waals surface area contributed by atoms with Crippen molar-refractivity contribution < 1.29 is 45.1 Å². The Morgan fingerprint density at radius 2 is 1.08 bits per heavy atom. The fourth-order valence-corrected chi connectivity index (χ4v) is 7.68. The molecule has 0 unspecified atom stereocenters. The Balaban J connectivity index is 5.78. The summed E-state index contributed by atoms with van der Waals surface area (Å²) in [5.41, 5.74) is -2.02. The molecule has 0 saturated heterocycles. The third-order valence-electron chi connectivity index (χ3n) is 2.05. The van der Waals surface area contributed by atoms with Crippen LogP contribution < -0.4 is 0 Å². The van der Waals surface area contributed by atoms with Crippen LogP contribution in [0.4, 0.5) is 0 Å². The van der Waals surface area contributed by atoms with E-state index in [4.69, 9.17) is 19.6 Å². The molecule has 0 aromatic heterocycles. The average molecular weight is 404 g/mol. The van der Waals surface area contributed by atoms with E-state index in [-0.39, 0.29) is 6.61 Å². The Hall–Kier alpha value is 0.651. The summed E-state index contributed by atoms with van der Waals surface area (Å²) in [7, 11) is -3.93. The van der Waals surface area contributed by atoms with Crippen LogP contribution in [0.1, 0.15) is 75.7 Å². The molecule has 7 nitrogen and oxygen atoms in total. The van der Waals surface area contributed by atoms with Gasteiger partial charge in [-0.15, -0.1) is 0 Å². The van der Waals surface area contributed by atoms with E-state index in [1.54, 1.807) is 0 Å². The summed E-state index contributed by atoms with van der Waals surface area (Å²) in [5.74, 6) is 0. The first-order valence-electron chi connectivity index (χ1n) is 8.28. The van der Waals surface area contributed by atoms with Crippen LogP contribution in [0.15, 0.2) is 0 Å². The van der Waals surface area contributed by atoms with Crippen LogP contribution in [0.5, 0.6) is 0 Å². The van der Waals surface area contributed by atoms with Gasteiger partial charge in [0.05, 0.1) is 0 Å². The van der Waals surface area contributed by atoms with Crippen LogP contribution in [0, 0.1) is 0 Å². The molecule has 0 rings (SSSR count). The van der Waals surface area contributed by atoms with Crippen LogP contribution in [-0.2, 0) is 37.7 Å². The molecule has 0 aromatic carbocycles. The van der Waals surface area contributed by atoms with Crippen molar-refractivity contribution in [2.24, 2.45) is 0 Å². The summed E-state index contributed by atoms with van der Waals surface area (Å²) in [6.45, 7) is 18.5. The minimum absolute atomic E-state index is 0.179. The van der Waals surface area contributed by atoms with Crippen molar-refractivity contribution in [2.75, 3.05) is 6.61 Å². The summed E-state index contributed by atoms with van der Waals surface area (Å²) in [6.07, 6.45) is 0.631. The van der Waals surface area contributed by atoms with E-state index >= 15 is 0 Å². The van der Waals surface area contributed by atoms with Gasteiger partial charge in [0, 0.05) is 0 Å². The van der Waals surface area contributed by atoms with Crippen molar-refractivity contribution >= 4 is 9.05 Å². The Kier molecular flexibility index (Phi) is 8.79. The van der Waals surface area contributed by atoms with Gasteiger partial charge in [-0.1, -0.05) is 0 Å². The quantitative estimate of drug-likeness (QED) is 0.601. The topological polar surface area (TPSA) is 86.6 Å². The molecule has 0 atom stereocenters. The van der Waals surface area contributed by atoms with E-state index < -0.39 is 44.0 Å². The van der Waals surface area contributed by atoms with E-state index in [2.05, 4.69) is 0 Å². The Labute approximate surface area is 153 Å². The molecule has 0 aliphatic rings. The molecule has 0 aliphatic heterocycles. The van der Waals surface area contributed by atoms with Crippen molar-refractivity contribution in [3.05, 3.63) is 0 Å². The second-order valence-electron chi connectivity index (χ2n) is 8.64. The molecule has 0 aromatic rings. The third-order valence-corrected chi connectivity index (χ3v) is 8.47. The summed E-state index contributed by atoms with van der Waals surface area (Å²) in [5, 5.41) is 0. The van der Waals surface area contributed by atoms with Gasteiger partial charge in [0.15, 0.2) is 0 Å². The molecule has 9 heteroatoms. The van der Waals surface area contributed by atoms with Gasteiger partial charge in [0.1, 0.15) is 0 Å². The summed E-state index contributed by atoms with van der Waals surface area (Å²) in [6, 6.07) is 0. The molecule has 0 fully saturated rings. The molecule has 2 N–H and O–H groups in total. The molecule has 0 bridgehead atoms. The molecule has 0 aliphatic carbocycles. The van der Waals surface area contributed by atoms with Gasteiger partial charge in [-0.25, -0.2) is 0 Å². The number of hydrogen-bond donors (Lipinski definition) is 2. The molecular weight excluding hydrogens is 368 g/mol. The van der Waals surface area contributed by atoms with Crippen molar-refractivity contribution in [3.8, 4) is 0 Å². The zero-order valence-corrected chi connectivity index (χ0v) is 19.4. The van der Waals surface area contributed by atoms with Gasteiger partial charge in [-0.2, -0.15) is 0 Å². The van der Waals surface area contributed by atoms with Crippen molar-refractivity contribution in [2.45, 2.75) is 92.5 Å². The molecular formula is C15H36O7SiTi. The minimum atomic E-state index is -5.03. The first-order chi connectivity index (χ1) is 10.4. The van der Waals surface area contributed by atoms with E-state index in [0.29, 0.717) is 6.42 Å². The van der Waals surface area contributed by atoms with Gasteiger partial charge < -0.3 is 0 Å². The Morgan fingerprint density at radius 3 is 1.33 bits per heavy atom. The van der Waals surface area contributed by atoms with Crippen molar-refractivity contribution in [1.29, 1.82) is 0 Å². The fraction of sp³-hybridized carbons (Fsp3) is 1.00. The first kappa shape index (κ1) is 24.7. The van der Waals surface area contributed by atoms with Crippen LogP contribution in [0.2, 0.25) is 0 Å². The zero-order valence-electron chi connectivity index (χ0n) is 16.8. The normalized spacial score (nSPS) is 15.0. The zero-order chi connectivity index (χ0) is 19.4. The molecule has 0 amide bonds. The predicted octanol–water partition coefficient (Wildman–Crippen LogP) is 3.11. The second kappa shape index (κ2) is 8.56. The second-order valence-corrected chi connectivity index (χ2v) is 13.6. The van der Waals surface area contributed by atoms with Crippen molar-refractivity contribution in [3.63, 3.8) is 0 Å². The number of hydrogen-bond acceptors (Lipinski definition) is 7. The maximum atomic E-state index is 10.3. The summed E-state index contributed by atoms with van der Waals surface area (Å²) >= 11 is -5.03. The molecule has 24 heavy (non-hydrogen) atoms. The monoisotopic (exact) mass is 404 g/mol. The van der Waals surface area contributed by atoms with E-state index in [0.717, 1.165) is 0 Å². The van der Waals surface area contributed by atoms with Crippen LogP contribution in [0.3, 0.4) is 0 Å². The molecule has 0 saturated carbocycles. The van der Waals surface area contributed by atoms with Gasteiger partial charge in [0.25, 0.3) is 0 Å². The molecule has 146 valence electrons. The van der Waals surface area contributed by atoms with Crippen molar-refractivity contribution in [1.82, 2.24) is 0 Å². The maximum absolute atomic E-state index is 10.3. The summed E-state index contributed by atoms with van der Waals surface area (Å²) in [4.78, 5) is 0. The molecule has 0 spiro atoms. The van der Waals surface area contributed by atoms with Crippen LogP contribution >= 0.6 is 0 Å². The van der Waals surface area contributed by atoms with E-state index in [1.807, 2.05) is 69.2 Å². The predicted molar refractivity (Wildman–Crippen MR) is 90.0 cm³/mol. The third kappa shape index (κ3) is 12.1. The average Bonchev–Trinajstić information content (AvgIpc) is 2.16. The van der Waals surface area contributed by atoms with Crippen LogP contribution in [0.25, 0.3) is 0 Å². The van der Waals surface area contributed by atoms with Gasteiger partial charge in [-0.3, -0.25) is 0 Å². The fourth-order valence-electron chi connectivity index (χ4n) is 1.68. The van der Waals surface area contributed by atoms with Gasteiger partial charge in [-0.05, 0) is 0 Å². The number of rotatable bonds is 8. The van der Waals surface area contributed by atoms with Gasteiger partial charge in [0.2, 0.25) is 0 Å². The van der Waals surface area contributed by atoms with E-state index in [1.165, 1.54) is 0 Å². The Morgan fingerprint density at radius 1 is 0.750 bits per heavy atom. The SMILES string of the molecule is CCC[O][Ti]([OH])([OH])[O][Si](OC(C)(C)C)(OC(C)(C)C)OC(C)(C)C. The molecule has 0 heterocycles. The summed E-state index contributed by atoms with van der Waals surface area (Å²) < 4.78 is 49.3. The van der Waals surface area contributed by atoms with Gasteiger partial charge >= 0.3 is 153 Å². The Bertz CT molecular complexity index is 342. The standard InChI is InChI=1S/C12H27O4Si.C3H7O.2H2O.Ti/c1-10(2,3)14-17(13,15-11(4,5)6)16-12(7,8)9;1-2-3-4;;;/h1-9H3;2-3H2,1H3;2*1H2;/q2*-1;;;+4/p-2. The van der Waals surface area contributed by atoms with Crippen LogP contribution in [-0.4, -0.2) is 39.8 Å². The molecule has 0 radical (unpaired) electrons.